The fraction of sp³-hybridized carbons (Fsp3) is 0.545. The first-order valence-corrected chi connectivity index (χ1v) is 5.03. The molecule has 0 aliphatic heterocycles. The maximum Gasteiger partial charge on any atom is 0.129 e. The van der Waals surface area contributed by atoms with Crippen LogP contribution >= 0.6 is 0 Å². The van der Waals surface area contributed by atoms with Gasteiger partial charge in [-0.15, -0.1) is 0 Å². The lowest BCUT2D eigenvalue weighted by Crippen LogP contribution is -2.46. The van der Waals surface area contributed by atoms with E-state index in [9.17, 15) is 5.11 Å². The Bertz CT molecular complexity index is 373. The molecule has 1 saturated carbocycles. The Labute approximate surface area is 89.1 Å². The topological polar surface area (TPSA) is 68.4 Å². The van der Waals surface area contributed by atoms with Crippen LogP contribution in [0.4, 0.5) is 5.82 Å². The van der Waals surface area contributed by atoms with E-state index in [1.165, 1.54) is 0 Å². The highest BCUT2D eigenvalue weighted by Gasteiger charge is 2.45. The average Bonchev–Trinajstić information content (AvgIpc) is 2.17. The zero-order valence-corrected chi connectivity index (χ0v) is 9.03. The van der Waals surface area contributed by atoms with E-state index >= 15 is 0 Å². The predicted molar refractivity (Wildman–Crippen MR) is 57.3 cm³/mol. The van der Waals surface area contributed by atoms with Crippen molar-refractivity contribution in [3.63, 3.8) is 0 Å². The summed E-state index contributed by atoms with van der Waals surface area (Å²) in [6.07, 6.45) is 3.03. The maximum atomic E-state index is 10.3. The molecule has 1 aromatic heterocycles. The summed E-state index contributed by atoms with van der Waals surface area (Å²) < 4.78 is 5.15. The van der Waals surface area contributed by atoms with Gasteiger partial charge in [-0.05, 0) is 18.6 Å². The fourth-order valence-electron chi connectivity index (χ4n) is 2.03. The van der Waals surface area contributed by atoms with Gasteiger partial charge in [0.25, 0.3) is 0 Å². The van der Waals surface area contributed by atoms with Crippen molar-refractivity contribution in [1.29, 1.82) is 0 Å². The van der Waals surface area contributed by atoms with Crippen molar-refractivity contribution in [3.05, 3.63) is 23.4 Å². The highest BCUT2D eigenvalue weighted by molar-refractivity contribution is 5.46. The van der Waals surface area contributed by atoms with Gasteiger partial charge in [0.15, 0.2) is 0 Å². The number of ether oxygens (including phenoxy) is 1. The molecule has 0 bridgehead atoms. The summed E-state index contributed by atoms with van der Waals surface area (Å²) in [6, 6.07) is 1.90. The molecule has 0 aromatic carbocycles. The van der Waals surface area contributed by atoms with Gasteiger partial charge in [0.05, 0.1) is 11.7 Å². The van der Waals surface area contributed by atoms with E-state index < -0.39 is 5.60 Å². The molecule has 3 N–H and O–H groups in total. The number of hydrogen-bond acceptors (Lipinski definition) is 4. The normalized spacial score (nSPS) is 29.9. The van der Waals surface area contributed by atoms with E-state index in [1.54, 1.807) is 13.3 Å². The van der Waals surface area contributed by atoms with Gasteiger partial charge in [0.1, 0.15) is 5.82 Å². The van der Waals surface area contributed by atoms with Gasteiger partial charge in [0.2, 0.25) is 0 Å². The molecule has 0 spiro atoms. The standard InChI is InChI=1S/C11H16N2O2/c1-7-3-9(10(12)13-6-7)11(14)4-8(5-11)15-2/h3,6,8,14H,4-5H2,1-2H3,(H2,12,13). The Morgan fingerprint density at radius 1 is 1.60 bits per heavy atom. The van der Waals surface area contributed by atoms with Crippen molar-refractivity contribution in [2.45, 2.75) is 31.5 Å². The van der Waals surface area contributed by atoms with Crippen LogP contribution in [0.25, 0.3) is 0 Å². The highest BCUT2D eigenvalue weighted by atomic mass is 16.5. The minimum atomic E-state index is -0.843. The molecule has 0 atom stereocenters. The third-order valence-electron chi connectivity index (χ3n) is 3.02. The molecule has 1 heterocycles. The molecule has 15 heavy (non-hydrogen) atoms. The van der Waals surface area contributed by atoms with Gasteiger partial charge in [-0.25, -0.2) is 4.98 Å². The van der Waals surface area contributed by atoms with Crippen LogP contribution in [0.1, 0.15) is 24.0 Å². The summed E-state index contributed by atoms with van der Waals surface area (Å²) >= 11 is 0. The van der Waals surface area contributed by atoms with Gasteiger partial charge >= 0.3 is 0 Å². The summed E-state index contributed by atoms with van der Waals surface area (Å²) in [4.78, 5) is 4.05. The molecule has 4 nitrogen and oxygen atoms in total. The molecule has 0 amide bonds. The molecule has 1 aromatic rings. The Kier molecular flexibility index (Phi) is 2.40. The number of aryl methyl sites for hydroxylation is 1. The molecule has 1 fully saturated rings. The third-order valence-corrected chi connectivity index (χ3v) is 3.02. The van der Waals surface area contributed by atoms with E-state index in [0.29, 0.717) is 18.7 Å². The third kappa shape index (κ3) is 1.70. The first-order chi connectivity index (χ1) is 7.05. The lowest BCUT2D eigenvalue weighted by molar-refractivity contribution is -0.132. The van der Waals surface area contributed by atoms with Crippen molar-refractivity contribution in [2.24, 2.45) is 0 Å². The lowest BCUT2D eigenvalue weighted by Gasteiger charge is -2.43. The number of pyridine rings is 1. The fourth-order valence-corrected chi connectivity index (χ4v) is 2.03. The Morgan fingerprint density at radius 2 is 2.27 bits per heavy atom. The minimum absolute atomic E-state index is 0.134. The van der Waals surface area contributed by atoms with Gasteiger partial charge in [-0.2, -0.15) is 0 Å². The van der Waals surface area contributed by atoms with E-state index in [-0.39, 0.29) is 6.10 Å². The van der Waals surface area contributed by atoms with Crippen LogP contribution in [0.5, 0.6) is 0 Å². The molecule has 82 valence electrons. The number of nitrogens with zero attached hydrogens (tertiary/aromatic N) is 1. The molecular formula is C11H16N2O2. The van der Waals surface area contributed by atoms with Gasteiger partial charge < -0.3 is 15.6 Å². The van der Waals surface area contributed by atoms with Crippen LogP contribution in [0.15, 0.2) is 12.3 Å². The van der Waals surface area contributed by atoms with Crippen LogP contribution in [0, 0.1) is 6.92 Å². The SMILES string of the molecule is COC1CC(O)(c2cc(C)cnc2N)C1. The maximum absolute atomic E-state index is 10.3. The number of nitrogen functional groups attached to an aromatic ring is 1. The Morgan fingerprint density at radius 3 is 2.87 bits per heavy atom. The van der Waals surface area contributed by atoms with Crippen LogP contribution in [0.2, 0.25) is 0 Å². The molecule has 0 radical (unpaired) electrons. The Hall–Kier alpha value is -1.13. The van der Waals surface area contributed by atoms with Crippen molar-refractivity contribution in [3.8, 4) is 0 Å². The van der Waals surface area contributed by atoms with Crippen molar-refractivity contribution < 1.29 is 9.84 Å². The number of aromatic nitrogens is 1. The molecule has 0 unspecified atom stereocenters. The van der Waals surface area contributed by atoms with Crippen molar-refractivity contribution >= 4 is 5.82 Å². The smallest absolute Gasteiger partial charge is 0.129 e. The second kappa shape index (κ2) is 3.47. The number of hydrogen-bond donors (Lipinski definition) is 2. The zero-order valence-electron chi connectivity index (χ0n) is 9.03. The first-order valence-electron chi connectivity index (χ1n) is 5.03. The monoisotopic (exact) mass is 208 g/mol. The molecule has 4 heteroatoms. The predicted octanol–water partition coefficient (Wildman–Crippen LogP) is 0.969. The van der Waals surface area contributed by atoms with Crippen LogP contribution in [0.3, 0.4) is 0 Å². The van der Waals surface area contributed by atoms with E-state index in [1.807, 2.05) is 13.0 Å². The van der Waals surface area contributed by atoms with E-state index in [4.69, 9.17) is 10.5 Å². The van der Waals surface area contributed by atoms with Crippen molar-refractivity contribution in [1.82, 2.24) is 4.98 Å². The van der Waals surface area contributed by atoms with Crippen LogP contribution < -0.4 is 5.73 Å². The lowest BCUT2D eigenvalue weighted by atomic mass is 9.72. The summed E-state index contributed by atoms with van der Waals surface area (Å²) in [6.45, 7) is 1.94. The zero-order chi connectivity index (χ0) is 11.1. The van der Waals surface area contributed by atoms with E-state index in [2.05, 4.69) is 4.98 Å². The first kappa shape index (κ1) is 10.4. The van der Waals surface area contributed by atoms with Gasteiger partial charge in [-0.3, -0.25) is 0 Å². The minimum Gasteiger partial charge on any atom is -0.385 e. The van der Waals surface area contributed by atoms with Crippen molar-refractivity contribution in [2.75, 3.05) is 12.8 Å². The second-order valence-corrected chi connectivity index (χ2v) is 4.24. The largest absolute Gasteiger partial charge is 0.385 e. The van der Waals surface area contributed by atoms with Crippen LogP contribution in [-0.2, 0) is 10.3 Å². The molecular weight excluding hydrogens is 192 g/mol. The highest BCUT2D eigenvalue weighted by Crippen LogP contribution is 2.44. The number of aliphatic hydroxyl groups is 1. The van der Waals surface area contributed by atoms with Crippen LogP contribution in [-0.4, -0.2) is 23.3 Å². The van der Waals surface area contributed by atoms with E-state index in [0.717, 1.165) is 11.1 Å². The summed E-state index contributed by atoms with van der Waals surface area (Å²) in [5.74, 6) is 0.414. The second-order valence-electron chi connectivity index (χ2n) is 4.24. The summed E-state index contributed by atoms with van der Waals surface area (Å²) in [7, 11) is 1.65. The number of anilines is 1. The van der Waals surface area contributed by atoms with Gasteiger partial charge in [-0.1, -0.05) is 0 Å². The number of rotatable bonds is 2. The quantitative estimate of drug-likeness (QED) is 0.759. The molecule has 1 aliphatic rings. The molecule has 0 saturated heterocycles. The average molecular weight is 208 g/mol. The number of nitrogens with two attached hydrogens (primary N) is 1. The summed E-state index contributed by atoms with van der Waals surface area (Å²) in [5.41, 5.74) is 6.66. The molecule has 2 rings (SSSR count). The molecule has 1 aliphatic carbocycles. The summed E-state index contributed by atoms with van der Waals surface area (Å²) in [5, 5.41) is 10.3. The Balaban J connectivity index is 2.27. The number of methoxy groups -OCH3 is 1. The van der Waals surface area contributed by atoms with Gasteiger partial charge in [0, 0.05) is 31.7 Å².